The number of hydrogen-bond donors (Lipinski definition) is 2. The number of aromatic nitrogens is 2. The molecule has 0 unspecified atom stereocenters. The molecular weight excluding hydrogens is 233 g/mol. The van der Waals surface area contributed by atoms with Crippen molar-refractivity contribution in [1.29, 1.82) is 0 Å². The van der Waals surface area contributed by atoms with Gasteiger partial charge in [-0.05, 0) is 18.2 Å². The molecule has 0 bridgehead atoms. The van der Waals surface area contributed by atoms with E-state index in [-0.39, 0.29) is 5.75 Å². The third kappa shape index (κ3) is 1.82. The van der Waals surface area contributed by atoms with Crippen LogP contribution in [0, 0.1) is 5.82 Å². The Balaban J connectivity index is 2.07. The summed E-state index contributed by atoms with van der Waals surface area (Å²) in [6.45, 7) is 1.75. The van der Waals surface area contributed by atoms with Crippen molar-refractivity contribution in [3.8, 4) is 17.0 Å². The summed E-state index contributed by atoms with van der Waals surface area (Å²) in [6, 6.07) is 4.23. The topological polar surface area (TPSA) is 58.0 Å². The van der Waals surface area contributed by atoms with Gasteiger partial charge in [0.1, 0.15) is 0 Å². The fraction of sp³-hybridized carbons (Fsp3) is 0.231. The third-order valence-electron chi connectivity index (χ3n) is 3.11. The lowest BCUT2D eigenvalue weighted by molar-refractivity contribution is 0.432. The molecule has 0 atom stereocenters. The summed E-state index contributed by atoms with van der Waals surface area (Å²) < 4.78 is 13.1. The van der Waals surface area contributed by atoms with E-state index in [1.807, 2.05) is 0 Å². The number of phenolic OH excluding ortho intramolecular Hbond substituents is 1. The van der Waals surface area contributed by atoms with Crippen LogP contribution in [0.3, 0.4) is 0 Å². The maximum atomic E-state index is 13.1. The second kappa shape index (κ2) is 4.34. The van der Waals surface area contributed by atoms with E-state index in [9.17, 15) is 9.50 Å². The van der Waals surface area contributed by atoms with Gasteiger partial charge < -0.3 is 10.4 Å². The van der Waals surface area contributed by atoms with E-state index in [4.69, 9.17) is 0 Å². The molecular formula is C13H12FN3O. The summed E-state index contributed by atoms with van der Waals surface area (Å²) in [5.74, 6) is -0.661. The minimum absolute atomic E-state index is 0.334. The second-order valence-electron chi connectivity index (χ2n) is 4.31. The van der Waals surface area contributed by atoms with Crippen molar-refractivity contribution in [2.45, 2.75) is 5.92 Å². The molecule has 0 amide bonds. The summed E-state index contributed by atoms with van der Waals surface area (Å²) in [7, 11) is 0. The molecule has 2 N–H and O–H groups in total. The maximum Gasteiger partial charge on any atom is 0.164 e. The van der Waals surface area contributed by atoms with Gasteiger partial charge in [-0.15, -0.1) is 0 Å². The molecule has 1 saturated heterocycles. The van der Waals surface area contributed by atoms with Gasteiger partial charge in [0.2, 0.25) is 0 Å². The van der Waals surface area contributed by atoms with Crippen molar-refractivity contribution < 1.29 is 9.50 Å². The first-order valence-corrected chi connectivity index (χ1v) is 5.76. The van der Waals surface area contributed by atoms with Gasteiger partial charge in [-0.1, -0.05) is 0 Å². The summed E-state index contributed by atoms with van der Waals surface area (Å²) in [4.78, 5) is 8.65. The summed E-state index contributed by atoms with van der Waals surface area (Å²) in [6.07, 6.45) is 3.26. The zero-order valence-corrected chi connectivity index (χ0v) is 9.60. The molecule has 1 aromatic carbocycles. The summed E-state index contributed by atoms with van der Waals surface area (Å²) in [5, 5.41) is 12.6. The Labute approximate surface area is 104 Å². The minimum Gasteiger partial charge on any atom is -0.505 e. The van der Waals surface area contributed by atoms with E-state index in [0.717, 1.165) is 18.8 Å². The molecule has 3 rings (SSSR count). The van der Waals surface area contributed by atoms with Crippen molar-refractivity contribution >= 4 is 0 Å². The second-order valence-corrected chi connectivity index (χ2v) is 4.31. The van der Waals surface area contributed by atoms with Crippen LogP contribution in [0.15, 0.2) is 30.6 Å². The molecule has 2 heterocycles. The number of aromatic hydroxyl groups is 1. The van der Waals surface area contributed by atoms with Crippen LogP contribution in [-0.2, 0) is 0 Å². The van der Waals surface area contributed by atoms with E-state index >= 15 is 0 Å². The average molecular weight is 245 g/mol. The van der Waals surface area contributed by atoms with Crippen LogP contribution >= 0.6 is 0 Å². The quantitative estimate of drug-likeness (QED) is 0.845. The summed E-state index contributed by atoms with van der Waals surface area (Å²) >= 11 is 0. The first-order valence-electron chi connectivity index (χ1n) is 5.76. The van der Waals surface area contributed by atoms with Crippen LogP contribution in [-0.4, -0.2) is 28.2 Å². The number of nitrogens with one attached hydrogen (secondary N) is 1. The molecule has 1 aliphatic heterocycles. The van der Waals surface area contributed by atoms with Gasteiger partial charge >= 0.3 is 0 Å². The van der Waals surface area contributed by atoms with Gasteiger partial charge in [0.15, 0.2) is 11.6 Å². The van der Waals surface area contributed by atoms with Crippen molar-refractivity contribution in [1.82, 2.24) is 15.3 Å². The Bertz CT molecular complexity index is 584. The van der Waals surface area contributed by atoms with E-state index in [0.29, 0.717) is 17.2 Å². The van der Waals surface area contributed by atoms with Crippen molar-refractivity contribution in [2.24, 2.45) is 0 Å². The van der Waals surface area contributed by atoms with Gasteiger partial charge in [0, 0.05) is 37.0 Å². The number of halogens is 1. The van der Waals surface area contributed by atoms with Crippen LogP contribution < -0.4 is 5.32 Å². The predicted molar refractivity (Wildman–Crippen MR) is 64.7 cm³/mol. The molecule has 2 aromatic rings. The van der Waals surface area contributed by atoms with Crippen molar-refractivity contribution in [3.63, 3.8) is 0 Å². The molecule has 0 saturated carbocycles. The van der Waals surface area contributed by atoms with Gasteiger partial charge in [0.05, 0.1) is 11.4 Å². The molecule has 1 aromatic heterocycles. The first-order chi connectivity index (χ1) is 8.75. The van der Waals surface area contributed by atoms with Crippen molar-refractivity contribution in [3.05, 3.63) is 42.1 Å². The number of benzene rings is 1. The zero-order valence-electron chi connectivity index (χ0n) is 9.60. The van der Waals surface area contributed by atoms with Gasteiger partial charge in [0.25, 0.3) is 0 Å². The normalized spacial score (nSPS) is 15.4. The largest absolute Gasteiger partial charge is 0.505 e. The molecule has 4 nitrogen and oxygen atoms in total. The zero-order chi connectivity index (χ0) is 12.5. The fourth-order valence-electron chi connectivity index (χ4n) is 2.01. The lowest BCUT2D eigenvalue weighted by Crippen LogP contribution is -2.40. The maximum absolute atomic E-state index is 13.1. The van der Waals surface area contributed by atoms with E-state index in [2.05, 4.69) is 15.3 Å². The van der Waals surface area contributed by atoms with Crippen LogP contribution in [0.25, 0.3) is 11.3 Å². The summed E-state index contributed by atoms with van der Waals surface area (Å²) in [5.41, 5.74) is 2.28. The number of rotatable bonds is 2. The van der Waals surface area contributed by atoms with E-state index < -0.39 is 5.82 Å². The lowest BCUT2D eigenvalue weighted by Gasteiger charge is -2.27. The highest BCUT2D eigenvalue weighted by Gasteiger charge is 2.24. The van der Waals surface area contributed by atoms with Gasteiger partial charge in [-0.2, -0.15) is 0 Å². The van der Waals surface area contributed by atoms with Crippen LogP contribution in [0.2, 0.25) is 0 Å². The van der Waals surface area contributed by atoms with Crippen LogP contribution in [0.4, 0.5) is 4.39 Å². The molecule has 92 valence electrons. The Morgan fingerprint density at radius 3 is 2.67 bits per heavy atom. The smallest absolute Gasteiger partial charge is 0.164 e. The Hall–Kier alpha value is -2.01. The molecule has 18 heavy (non-hydrogen) atoms. The number of phenols is 1. The van der Waals surface area contributed by atoms with Crippen LogP contribution in [0.1, 0.15) is 11.6 Å². The Morgan fingerprint density at radius 1 is 1.22 bits per heavy atom. The van der Waals surface area contributed by atoms with Crippen molar-refractivity contribution in [2.75, 3.05) is 13.1 Å². The highest BCUT2D eigenvalue weighted by Crippen LogP contribution is 2.30. The lowest BCUT2D eigenvalue weighted by atomic mass is 9.94. The predicted octanol–water partition coefficient (Wildman–Crippen LogP) is 1.68. The Morgan fingerprint density at radius 2 is 2.00 bits per heavy atom. The highest BCUT2D eigenvalue weighted by molar-refractivity contribution is 5.64. The standard InChI is InChI=1S/C13H12FN3O/c14-10-2-1-8(5-11(10)18)12-13(9-6-15-7-9)17-4-3-16-12/h1-5,9,15,18H,6-7H2. The molecule has 1 fully saturated rings. The van der Waals surface area contributed by atoms with Crippen LogP contribution in [0.5, 0.6) is 5.75 Å². The van der Waals surface area contributed by atoms with E-state index in [1.54, 1.807) is 18.5 Å². The monoisotopic (exact) mass is 245 g/mol. The highest BCUT2D eigenvalue weighted by atomic mass is 19.1. The number of hydrogen-bond acceptors (Lipinski definition) is 4. The minimum atomic E-state index is -0.630. The van der Waals surface area contributed by atoms with Gasteiger partial charge in [-0.25, -0.2) is 4.39 Å². The molecule has 5 heteroatoms. The third-order valence-corrected chi connectivity index (χ3v) is 3.11. The SMILES string of the molecule is Oc1cc(-c2nccnc2C2CNC2)ccc1F. The molecule has 0 spiro atoms. The average Bonchev–Trinajstić information content (AvgIpc) is 2.31. The fourth-order valence-corrected chi connectivity index (χ4v) is 2.01. The molecule has 0 radical (unpaired) electrons. The number of nitrogens with zero attached hydrogens (tertiary/aromatic N) is 2. The first kappa shape index (κ1) is 11.1. The molecule has 1 aliphatic rings. The van der Waals surface area contributed by atoms with Gasteiger partial charge in [-0.3, -0.25) is 9.97 Å². The Kier molecular flexibility index (Phi) is 2.68. The van der Waals surface area contributed by atoms with E-state index in [1.165, 1.54) is 12.1 Å². The molecule has 0 aliphatic carbocycles.